The zero-order chi connectivity index (χ0) is 40.5. The second kappa shape index (κ2) is 19.1. The van der Waals surface area contributed by atoms with Crippen LogP contribution in [0.2, 0.25) is 0 Å². The molecule has 1 amide bonds. The first-order valence-electron chi connectivity index (χ1n) is 19.8. The summed E-state index contributed by atoms with van der Waals surface area (Å²) in [5, 5.41) is 14.1. The van der Waals surface area contributed by atoms with Gasteiger partial charge in [-0.3, -0.25) is 10.4 Å². The number of aryl methyl sites for hydroxylation is 1. The van der Waals surface area contributed by atoms with E-state index < -0.39 is 41.6 Å². The number of aliphatic hydroxyl groups excluding tert-OH is 1. The van der Waals surface area contributed by atoms with Crippen molar-refractivity contribution in [2.75, 3.05) is 44.9 Å². The Hall–Kier alpha value is -4.86. The van der Waals surface area contributed by atoms with Crippen molar-refractivity contribution in [1.29, 1.82) is 0 Å². The molecule has 4 atom stereocenters. The van der Waals surface area contributed by atoms with Gasteiger partial charge in [-0.2, -0.15) is 0 Å². The molecular weight excluding hydrogens is 729 g/mol. The highest BCUT2D eigenvalue weighted by atomic mass is 16.6. The van der Waals surface area contributed by atoms with Gasteiger partial charge in [0.05, 0.1) is 30.2 Å². The number of benzene rings is 2. The third kappa shape index (κ3) is 10.2. The third-order valence-corrected chi connectivity index (χ3v) is 10.7. The monoisotopic (exact) mass is 784 g/mol. The van der Waals surface area contributed by atoms with E-state index in [1.54, 1.807) is 13.3 Å². The Morgan fingerprint density at radius 2 is 1.93 bits per heavy atom. The van der Waals surface area contributed by atoms with Crippen LogP contribution in [0.4, 0.5) is 10.5 Å². The quantitative estimate of drug-likeness (QED) is 0.0921. The van der Waals surface area contributed by atoms with Crippen molar-refractivity contribution in [3.63, 3.8) is 0 Å². The predicted octanol–water partition coefficient (Wildman–Crippen LogP) is 5.21. The van der Waals surface area contributed by atoms with Crippen LogP contribution in [0, 0.1) is 5.41 Å². The predicted molar refractivity (Wildman–Crippen MR) is 216 cm³/mol. The highest BCUT2D eigenvalue weighted by Crippen LogP contribution is 2.41. The first kappa shape index (κ1) is 41.8. The smallest absolute Gasteiger partial charge is 0.408 e. The number of aromatic nitrogens is 2. The number of morpholine rings is 1. The van der Waals surface area contributed by atoms with Crippen molar-refractivity contribution in [3.8, 4) is 11.3 Å². The van der Waals surface area contributed by atoms with Crippen LogP contribution in [0.1, 0.15) is 69.9 Å². The number of hydrogen-bond donors (Lipinski definition) is 4. The van der Waals surface area contributed by atoms with Gasteiger partial charge in [-0.15, -0.1) is 0 Å². The zero-order valence-electron chi connectivity index (χ0n) is 33.6. The number of methoxy groups -OCH3 is 1. The van der Waals surface area contributed by atoms with Gasteiger partial charge >= 0.3 is 18.0 Å². The fourth-order valence-corrected chi connectivity index (χ4v) is 7.57. The van der Waals surface area contributed by atoms with Crippen LogP contribution in [0.25, 0.3) is 22.2 Å². The van der Waals surface area contributed by atoms with Gasteiger partial charge in [0, 0.05) is 74.7 Å². The van der Waals surface area contributed by atoms with Gasteiger partial charge in [-0.25, -0.2) is 19.8 Å². The van der Waals surface area contributed by atoms with Crippen LogP contribution >= 0.6 is 0 Å². The van der Waals surface area contributed by atoms with E-state index in [-0.39, 0.29) is 25.7 Å². The molecule has 0 bridgehead atoms. The second-order valence-electron chi connectivity index (χ2n) is 15.5. The average Bonchev–Trinajstić information content (AvgIpc) is 3.54. The molecule has 2 aromatic carbocycles. The molecule has 0 spiro atoms. The summed E-state index contributed by atoms with van der Waals surface area (Å²) in [6.45, 7) is 11.1. The molecule has 2 aromatic heterocycles. The van der Waals surface area contributed by atoms with Gasteiger partial charge in [0.2, 0.25) is 0 Å². The fraction of sp³-hybridized carbons (Fsp3) is 0.488. The van der Waals surface area contributed by atoms with E-state index in [1.807, 2.05) is 43.3 Å². The topological polar surface area (TPSA) is 166 Å². The number of fused-ring (bicyclic) bond motifs is 1. The molecular formula is C43H56N6O8. The largest absolute Gasteiger partial charge is 0.445 e. The lowest BCUT2D eigenvalue weighted by molar-refractivity contribution is -0.164. The maximum atomic E-state index is 13.6. The lowest BCUT2D eigenvalue weighted by Gasteiger charge is -2.36. The molecule has 2 aliphatic rings. The molecule has 4 heterocycles. The van der Waals surface area contributed by atoms with Gasteiger partial charge < -0.3 is 38.8 Å². The Bertz CT molecular complexity index is 2000. The summed E-state index contributed by atoms with van der Waals surface area (Å²) in [6, 6.07) is 17.8. The number of amides is 1. The van der Waals surface area contributed by atoms with Crippen molar-refractivity contribution in [2.45, 2.75) is 90.8 Å². The number of nitrogens with one attached hydrogen (secondary N) is 3. The number of aliphatic hydroxyl groups is 1. The summed E-state index contributed by atoms with van der Waals surface area (Å²) in [5.41, 5.74) is 12.2. The summed E-state index contributed by atoms with van der Waals surface area (Å²) < 4.78 is 25.0. The number of anilines is 1. The molecule has 57 heavy (non-hydrogen) atoms. The van der Waals surface area contributed by atoms with E-state index in [2.05, 4.69) is 70.7 Å². The molecule has 0 radical (unpaired) electrons. The fourth-order valence-electron chi connectivity index (χ4n) is 7.57. The van der Waals surface area contributed by atoms with E-state index >= 15 is 0 Å². The number of rotatable bonds is 15. The van der Waals surface area contributed by atoms with Crippen LogP contribution in [0.3, 0.4) is 0 Å². The number of ether oxygens (including phenoxy) is 4. The Morgan fingerprint density at radius 1 is 1.12 bits per heavy atom. The number of carbonyl (C=O) groups excluding carboxylic acids is 3. The number of esters is 2. The normalized spacial score (nSPS) is 18.5. The Labute approximate surface area is 334 Å². The maximum absolute atomic E-state index is 13.6. The number of hydrogen-bond acceptors (Lipinski definition) is 12. The van der Waals surface area contributed by atoms with E-state index in [9.17, 15) is 19.5 Å². The Balaban J connectivity index is 1.27. The number of pyridine rings is 1. The van der Waals surface area contributed by atoms with E-state index in [0.29, 0.717) is 45.6 Å². The Kier molecular flexibility index (Phi) is 14.0. The van der Waals surface area contributed by atoms with Crippen LogP contribution in [0.5, 0.6) is 0 Å². The van der Waals surface area contributed by atoms with Crippen LogP contribution in [-0.2, 0) is 48.1 Å². The van der Waals surface area contributed by atoms with E-state index in [0.717, 1.165) is 51.1 Å². The number of carbonyl (C=O) groups is 3. The van der Waals surface area contributed by atoms with Crippen LogP contribution < -0.4 is 21.1 Å². The molecule has 2 saturated heterocycles. The molecule has 306 valence electrons. The lowest BCUT2D eigenvalue weighted by Crippen LogP contribution is -2.53. The molecule has 2 aliphatic heterocycles. The summed E-state index contributed by atoms with van der Waals surface area (Å²) in [6.07, 6.45) is 2.18. The molecule has 6 rings (SSSR count). The molecule has 2 fully saturated rings. The lowest BCUT2D eigenvalue weighted by atomic mass is 9.84. The number of alkyl carbamates (subject to hydrolysis) is 1. The van der Waals surface area contributed by atoms with Crippen molar-refractivity contribution in [2.24, 2.45) is 5.41 Å². The SMILES string of the molecule is CCn1c(-c2cccnc2[C@H](C)OC)c(CC(C)(C)CO)c2cc(N3CCO[C@@H](C[C@H](NC(=O)OCc4ccccc4)C(=O)OC(=O)C4CCCNN4)C3)ccc21. The summed E-state index contributed by atoms with van der Waals surface area (Å²) in [7, 11) is 1.68. The molecule has 0 aliphatic carbocycles. The number of hydrazine groups is 1. The average molecular weight is 785 g/mol. The van der Waals surface area contributed by atoms with Gasteiger partial charge in [-0.1, -0.05) is 44.2 Å². The standard InChI is InChI=1S/C43H56N6O8/c1-6-49-37-17-16-30(22-33(37)34(24-43(3,4)27-50)39(49)32-14-10-18-44-38(32)28(2)54-5)48-20-21-55-31(25-48)23-36(41(52)57-40(51)35-15-11-19-45-47-35)46-42(53)56-26-29-12-8-7-9-13-29/h7-10,12-14,16-18,22,28,31,35-36,45,47,50H,6,11,15,19-21,23-27H2,1-5H3,(H,46,53)/t28-,31-,35?,36-/m0/s1. The molecule has 4 N–H and O–H groups in total. The van der Waals surface area contributed by atoms with E-state index in [1.165, 1.54) is 0 Å². The number of nitrogens with zero attached hydrogens (tertiary/aromatic N) is 3. The van der Waals surface area contributed by atoms with Crippen molar-refractivity contribution in [3.05, 3.63) is 83.7 Å². The van der Waals surface area contributed by atoms with Crippen LogP contribution in [-0.4, -0.2) is 90.8 Å². The van der Waals surface area contributed by atoms with Gasteiger partial charge in [-0.05, 0) is 80.0 Å². The molecule has 14 nitrogen and oxygen atoms in total. The molecule has 4 aromatic rings. The van der Waals surface area contributed by atoms with Gasteiger partial charge in [0.1, 0.15) is 18.7 Å². The second-order valence-corrected chi connectivity index (χ2v) is 15.5. The molecule has 1 unspecified atom stereocenters. The minimum Gasteiger partial charge on any atom is -0.445 e. The van der Waals surface area contributed by atoms with E-state index in [4.69, 9.17) is 23.9 Å². The van der Waals surface area contributed by atoms with Crippen molar-refractivity contribution < 1.29 is 38.4 Å². The summed E-state index contributed by atoms with van der Waals surface area (Å²) in [4.78, 5) is 46.5. The minimum atomic E-state index is -1.21. The van der Waals surface area contributed by atoms with Crippen LogP contribution in [0.15, 0.2) is 66.9 Å². The highest BCUT2D eigenvalue weighted by Gasteiger charge is 2.34. The summed E-state index contributed by atoms with van der Waals surface area (Å²) >= 11 is 0. The zero-order valence-corrected chi connectivity index (χ0v) is 33.6. The Morgan fingerprint density at radius 3 is 2.65 bits per heavy atom. The highest BCUT2D eigenvalue weighted by molar-refractivity contribution is 5.95. The van der Waals surface area contributed by atoms with Gasteiger partial charge in [0.25, 0.3) is 0 Å². The third-order valence-electron chi connectivity index (χ3n) is 10.7. The molecule has 14 heteroatoms. The first-order valence-corrected chi connectivity index (χ1v) is 19.8. The van der Waals surface area contributed by atoms with Crippen molar-refractivity contribution >= 4 is 34.6 Å². The van der Waals surface area contributed by atoms with Crippen molar-refractivity contribution in [1.82, 2.24) is 25.7 Å². The minimum absolute atomic E-state index is 0.00761. The summed E-state index contributed by atoms with van der Waals surface area (Å²) in [5.74, 6) is -1.60. The first-order chi connectivity index (χ1) is 27.5. The van der Waals surface area contributed by atoms with Gasteiger partial charge in [0.15, 0.2) is 0 Å². The molecule has 0 saturated carbocycles. The maximum Gasteiger partial charge on any atom is 0.408 e.